The Morgan fingerprint density at radius 2 is 1.64 bits per heavy atom. The van der Waals surface area contributed by atoms with Gasteiger partial charge in [0, 0.05) is 34.6 Å². The van der Waals surface area contributed by atoms with E-state index in [2.05, 4.69) is 19.2 Å². The molecule has 4 atom stereocenters. The van der Waals surface area contributed by atoms with E-state index in [4.69, 9.17) is 0 Å². The van der Waals surface area contributed by atoms with Crippen LogP contribution in [0.3, 0.4) is 0 Å². The highest BCUT2D eigenvalue weighted by Crippen LogP contribution is 2.58. The fourth-order valence-electron chi connectivity index (χ4n) is 7.52. The van der Waals surface area contributed by atoms with Crippen LogP contribution in [0.15, 0.2) is 103 Å². The number of carbonyl (C=O) groups excluding carboxylic acids is 3. The normalized spacial score (nSPS) is 22.6. The molecule has 8 nitrogen and oxygen atoms in total. The zero-order valence-corrected chi connectivity index (χ0v) is 24.8. The van der Waals surface area contributed by atoms with Crippen molar-refractivity contribution in [2.75, 3.05) is 10.2 Å². The Balaban J connectivity index is 1.48. The monoisotopic (exact) mass is 597 g/mol. The maximum absolute atomic E-state index is 15.0. The summed E-state index contributed by atoms with van der Waals surface area (Å²) < 4.78 is 0. The van der Waals surface area contributed by atoms with Gasteiger partial charge in [0.2, 0.25) is 5.91 Å². The van der Waals surface area contributed by atoms with Gasteiger partial charge >= 0.3 is 0 Å². The van der Waals surface area contributed by atoms with Gasteiger partial charge in [0.25, 0.3) is 5.69 Å². The fourth-order valence-corrected chi connectivity index (χ4v) is 7.52. The molecule has 3 aliphatic rings. The quantitative estimate of drug-likeness (QED) is 0.145. The second-order valence-corrected chi connectivity index (χ2v) is 12.4. The first-order valence-electron chi connectivity index (χ1n) is 15.1. The van der Waals surface area contributed by atoms with Gasteiger partial charge in [-0.05, 0) is 41.2 Å². The summed E-state index contributed by atoms with van der Waals surface area (Å²) in [7, 11) is 0. The molecule has 1 saturated heterocycles. The molecular formula is C37H31N3O5. The summed E-state index contributed by atoms with van der Waals surface area (Å²) >= 11 is 0. The number of ketones is 2. The number of para-hydroxylation sites is 2. The molecule has 1 amide bonds. The van der Waals surface area contributed by atoms with Crippen LogP contribution in [0.2, 0.25) is 0 Å². The number of fused-ring (bicyclic) bond motifs is 6. The number of hydrogen-bond acceptors (Lipinski definition) is 6. The first kappa shape index (κ1) is 28.4. The number of nitro groups is 1. The highest BCUT2D eigenvalue weighted by molar-refractivity contribution is 6.18. The number of amides is 1. The number of carbonyl (C=O) groups is 3. The van der Waals surface area contributed by atoms with E-state index < -0.39 is 34.1 Å². The van der Waals surface area contributed by atoms with Gasteiger partial charge in [0.1, 0.15) is 11.5 Å². The number of benzene rings is 4. The molecule has 0 aliphatic carbocycles. The molecule has 0 bridgehead atoms. The molecule has 4 aromatic rings. The molecule has 4 aromatic carbocycles. The van der Waals surface area contributed by atoms with Crippen LogP contribution in [0.1, 0.15) is 51.3 Å². The lowest BCUT2D eigenvalue weighted by molar-refractivity contribution is -0.384. The summed E-state index contributed by atoms with van der Waals surface area (Å²) in [4.78, 5) is 57.3. The average Bonchev–Trinajstić information content (AvgIpc) is 3.52. The van der Waals surface area contributed by atoms with E-state index in [0.717, 1.165) is 17.5 Å². The molecule has 1 N–H and O–H groups in total. The molecule has 1 spiro atoms. The van der Waals surface area contributed by atoms with E-state index in [1.165, 1.54) is 24.3 Å². The molecule has 0 unspecified atom stereocenters. The molecule has 3 heterocycles. The van der Waals surface area contributed by atoms with Crippen LogP contribution in [0.25, 0.3) is 6.08 Å². The van der Waals surface area contributed by atoms with Gasteiger partial charge in [-0.25, -0.2) is 0 Å². The summed E-state index contributed by atoms with van der Waals surface area (Å²) in [6.07, 6.45) is 4.70. The lowest BCUT2D eigenvalue weighted by atomic mass is 9.64. The minimum absolute atomic E-state index is 0.105. The molecule has 8 heteroatoms. The lowest BCUT2D eigenvalue weighted by Gasteiger charge is -2.37. The van der Waals surface area contributed by atoms with Gasteiger partial charge in [0.05, 0.1) is 16.9 Å². The van der Waals surface area contributed by atoms with Crippen molar-refractivity contribution in [3.8, 4) is 0 Å². The number of nitrogens with one attached hydrogen (secondary N) is 1. The molecule has 7 rings (SSSR count). The van der Waals surface area contributed by atoms with Crippen molar-refractivity contribution >= 4 is 40.6 Å². The zero-order chi connectivity index (χ0) is 31.5. The Morgan fingerprint density at radius 1 is 0.911 bits per heavy atom. The third-order valence-electron chi connectivity index (χ3n) is 9.32. The summed E-state index contributed by atoms with van der Waals surface area (Å²) in [5.41, 5.74) is 2.73. The lowest BCUT2D eigenvalue weighted by Crippen LogP contribution is -2.51. The van der Waals surface area contributed by atoms with E-state index in [1.807, 2.05) is 77.7 Å². The highest BCUT2D eigenvalue weighted by atomic mass is 16.6. The van der Waals surface area contributed by atoms with Crippen LogP contribution in [-0.4, -0.2) is 34.5 Å². The largest absolute Gasteiger partial charge is 0.352 e. The second kappa shape index (κ2) is 10.7. The van der Waals surface area contributed by atoms with Crippen LogP contribution < -0.4 is 10.2 Å². The number of rotatable bonds is 7. The van der Waals surface area contributed by atoms with Crippen LogP contribution in [0.5, 0.6) is 0 Å². The van der Waals surface area contributed by atoms with Gasteiger partial charge in [-0.2, -0.15) is 0 Å². The van der Waals surface area contributed by atoms with Crippen LogP contribution >= 0.6 is 0 Å². The Kier molecular flexibility index (Phi) is 6.73. The van der Waals surface area contributed by atoms with Gasteiger partial charge in [0.15, 0.2) is 11.6 Å². The van der Waals surface area contributed by atoms with Gasteiger partial charge in [-0.1, -0.05) is 98.8 Å². The Bertz CT molecular complexity index is 1910. The molecule has 1 fully saturated rings. The SMILES string of the molecule is CC(C)Cc1ccc(C(=O)[C@@H]2[C@H](C(=O)c3cccc([N+](=O)[O-])c3)N3c4ccccc4C=C[C@@H]3[C@]23C(=O)Nc2ccccc23)cc1. The standard InChI is InChI=1S/C37H31N3O5/c1-22(2)20-23-14-16-25(17-15-23)34(41)32-33(35(42)26-9-7-10-27(21-26)40(44)45)39-30-13-6-3-8-24(30)18-19-31(39)37(32)28-11-4-5-12-29(28)38-36(37)43/h3-19,21-22,31-33H,20H2,1-2H3,(H,38,43)/t31-,32+,33-,37+/m1/s1. The molecule has 0 radical (unpaired) electrons. The third-order valence-corrected chi connectivity index (χ3v) is 9.32. The number of nitrogens with zero attached hydrogens (tertiary/aromatic N) is 2. The fraction of sp³-hybridized carbons (Fsp3) is 0.216. The minimum atomic E-state index is -1.45. The molecule has 224 valence electrons. The maximum Gasteiger partial charge on any atom is 0.270 e. The average molecular weight is 598 g/mol. The number of anilines is 2. The number of nitro benzene ring substituents is 1. The second-order valence-electron chi connectivity index (χ2n) is 12.4. The first-order chi connectivity index (χ1) is 21.7. The Labute approximate surface area is 260 Å². The zero-order valence-electron chi connectivity index (χ0n) is 24.8. The van der Waals surface area contributed by atoms with Gasteiger partial charge < -0.3 is 10.2 Å². The van der Waals surface area contributed by atoms with E-state index in [-0.39, 0.29) is 22.9 Å². The van der Waals surface area contributed by atoms with Gasteiger partial charge in [-0.15, -0.1) is 0 Å². The van der Waals surface area contributed by atoms with E-state index in [0.29, 0.717) is 28.4 Å². The molecule has 0 aromatic heterocycles. The van der Waals surface area contributed by atoms with Crippen LogP contribution in [0.4, 0.5) is 17.1 Å². The number of non-ortho nitro benzene ring substituents is 1. The summed E-state index contributed by atoms with van der Waals surface area (Å²) in [5.74, 6) is -1.86. The van der Waals surface area contributed by atoms with Crippen molar-refractivity contribution in [3.63, 3.8) is 0 Å². The summed E-state index contributed by atoms with van der Waals surface area (Å²) in [6.45, 7) is 4.26. The van der Waals surface area contributed by atoms with E-state index >= 15 is 0 Å². The molecular weight excluding hydrogens is 566 g/mol. The van der Waals surface area contributed by atoms with Crippen LogP contribution in [-0.2, 0) is 16.6 Å². The minimum Gasteiger partial charge on any atom is -0.352 e. The van der Waals surface area contributed by atoms with Crippen molar-refractivity contribution in [1.82, 2.24) is 0 Å². The third kappa shape index (κ3) is 4.31. The summed E-state index contributed by atoms with van der Waals surface area (Å²) in [6, 6.07) is 26.1. The molecule has 3 aliphatic heterocycles. The van der Waals surface area contributed by atoms with Crippen LogP contribution in [0, 0.1) is 22.0 Å². The Morgan fingerprint density at radius 3 is 2.40 bits per heavy atom. The van der Waals surface area contributed by atoms with Crippen molar-refractivity contribution in [2.45, 2.75) is 37.8 Å². The smallest absolute Gasteiger partial charge is 0.270 e. The Hall–Kier alpha value is -5.37. The van der Waals surface area contributed by atoms with Gasteiger partial charge in [-0.3, -0.25) is 24.5 Å². The predicted molar refractivity (Wildman–Crippen MR) is 173 cm³/mol. The predicted octanol–water partition coefficient (Wildman–Crippen LogP) is 6.65. The van der Waals surface area contributed by atoms with E-state index in [1.54, 1.807) is 12.1 Å². The van der Waals surface area contributed by atoms with Crippen molar-refractivity contribution in [3.05, 3.63) is 141 Å². The summed E-state index contributed by atoms with van der Waals surface area (Å²) in [5, 5.41) is 14.7. The van der Waals surface area contributed by atoms with Crippen molar-refractivity contribution in [2.24, 2.45) is 11.8 Å². The first-order valence-corrected chi connectivity index (χ1v) is 15.1. The number of hydrogen-bond donors (Lipinski definition) is 1. The topological polar surface area (TPSA) is 110 Å². The van der Waals surface area contributed by atoms with Crippen molar-refractivity contribution in [1.29, 1.82) is 0 Å². The van der Waals surface area contributed by atoms with E-state index in [9.17, 15) is 24.5 Å². The molecule has 45 heavy (non-hydrogen) atoms. The number of Topliss-reactive ketones (excluding diaryl/α,β-unsaturated/α-hetero) is 2. The van der Waals surface area contributed by atoms with Crippen molar-refractivity contribution < 1.29 is 19.3 Å². The highest BCUT2D eigenvalue weighted by Gasteiger charge is 2.70. The molecule has 0 saturated carbocycles. The maximum atomic E-state index is 15.0.